The molecule has 0 aliphatic carbocycles. The smallest absolute Gasteiger partial charge is 0.305 e. The van der Waals surface area contributed by atoms with Crippen molar-refractivity contribution in [2.75, 3.05) is 43.7 Å². The number of rotatable bonds is 8. The second-order valence-electron chi connectivity index (χ2n) is 9.08. The number of methoxy groups -OCH3 is 2. The summed E-state index contributed by atoms with van der Waals surface area (Å²) in [5, 5.41) is 9.81. The average molecular weight is 508 g/mol. The number of pyridine rings is 1. The van der Waals surface area contributed by atoms with Crippen LogP contribution in [0.1, 0.15) is 19.8 Å². The lowest BCUT2D eigenvalue weighted by Gasteiger charge is -2.38. The van der Waals surface area contributed by atoms with Crippen molar-refractivity contribution < 1.29 is 28.5 Å². The summed E-state index contributed by atoms with van der Waals surface area (Å²) in [5.74, 6) is 0.449. The number of benzene rings is 1. The maximum atomic E-state index is 14.7. The minimum atomic E-state index is -1.37. The van der Waals surface area contributed by atoms with Crippen LogP contribution < -0.4 is 19.3 Å². The number of anilines is 2. The van der Waals surface area contributed by atoms with Crippen molar-refractivity contribution in [2.24, 2.45) is 5.92 Å². The SMILES string of the molecule is COc1cc(N2CCC(Oc3ccc(N4C[C@H](OC)[C@@H](F)[C@@H]4CC(=O)O)cc3)C(C)C2)c(Cl)cn1. The third kappa shape index (κ3) is 5.56. The lowest BCUT2D eigenvalue weighted by atomic mass is 9.96. The van der Waals surface area contributed by atoms with Crippen LogP contribution in [0.3, 0.4) is 0 Å². The standard InChI is InChI=1S/C25H31ClFN3O5/c1-15-13-29(19-10-23(34-3)28-12-18(19)26)9-8-21(15)35-17-6-4-16(5-7-17)30-14-22(33-2)25(27)20(30)11-24(31)32/h4-7,10,12,15,20-22,25H,8-9,11,13-14H2,1-3H3,(H,31,32)/t15?,20-,21?,22-,25-/m0/s1. The monoisotopic (exact) mass is 507 g/mol. The summed E-state index contributed by atoms with van der Waals surface area (Å²) in [6.45, 7) is 4.00. The topological polar surface area (TPSA) is 84.4 Å². The highest BCUT2D eigenvalue weighted by atomic mass is 35.5. The molecule has 1 N–H and O–H groups in total. The number of hydrogen-bond acceptors (Lipinski definition) is 7. The van der Waals surface area contributed by atoms with E-state index in [-0.39, 0.29) is 18.4 Å². The second kappa shape index (κ2) is 10.9. The number of carboxylic acid groups (broad SMARTS) is 1. The van der Waals surface area contributed by atoms with Gasteiger partial charge in [0.2, 0.25) is 5.88 Å². The molecule has 8 nitrogen and oxygen atoms in total. The van der Waals surface area contributed by atoms with E-state index in [9.17, 15) is 14.3 Å². The Morgan fingerprint density at radius 3 is 2.60 bits per heavy atom. The number of carbonyl (C=O) groups is 1. The van der Waals surface area contributed by atoms with Gasteiger partial charge in [-0.3, -0.25) is 4.79 Å². The number of alkyl halides is 1. The van der Waals surface area contributed by atoms with E-state index in [0.717, 1.165) is 36.6 Å². The summed E-state index contributed by atoms with van der Waals surface area (Å²) in [6, 6.07) is 8.47. The van der Waals surface area contributed by atoms with Crippen molar-refractivity contribution in [3.63, 3.8) is 0 Å². The van der Waals surface area contributed by atoms with Crippen LogP contribution in [0.4, 0.5) is 15.8 Å². The molecule has 2 unspecified atom stereocenters. The van der Waals surface area contributed by atoms with Crippen molar-refractivity contribution in [2.45, 2.75) is 44.2 Å². The van der Waals surface area contributed by atoms with Gasteiger partial charge in [0.05, 0.1) is 36.5 Å². The highest BCUT2D eigenvalue weighted by molar-refractivity contribution is 6.33. The Balaban J connectivity index is 1.40. The van der Waals surface area contributed by atoms with E-state index >= 15 is 0 Å². The summed E-state index contributed by atoms with van der Waals surface area (Å²) in [6.07, 6.45) is 0.131. The van der Waals surface area contributed by atoms with E-state index in [0.29, 0.717) is 17.4 Å². The van der Waals surface area contributed by atoms with Crippen LogP contribution in [0, 0.1) is 5.92 Å². The van der Waals surface area contributed by atoms with E-state index in [1.165, 1.54) is 7.11 Å². The molecule has 0 radical (unpaired) electrons. The zero-order valence-corrected chi connectivity index (χ0v) is 20.8. The predicted octanol–water partition coefficient (Wildman–Crippen LogP) is 4.05. The first kappa shape index (κ1) is 25.3. The van der Waals surface area contributed by atoms with Gasteiger partial charge in [-0.15, -0.1) is 0 Å². The zero-order chi connectivity index (χ0) is 25.1. The summed E-state index contributed by atoms with van der Waals surface area (Å²) >= 11 is 6.38. The Morgan fingerprint density at radius 2 is 1.97 bits per heavy atom. The molecule has 5 atom stereocenters. The number of aliphatic carboxylic acids is 1. The number of piperidine rings is 1. The van der Waals surface area contributed by atoms with E-state index in [1.807, 2.05) is 30.3 Å². The van der Waals surface area contributed by atoms with Gasteiger partial charge in [-0.05, 0) is 24.3 Å². The van der Waals surface area contributed by atoms with E-state index in [2.05, 4.69) is 16.8 Å². The first-order valence-electron chi connectivity index (χ1n) is 11.7. The van der Waals surface area contributed by atoms with Crippen LogP contribution in [0.25, 0.3) is 0 Å². The first-order chi connectivity index (χ1) is 16.8. The molecule has 1 aromatic carbocycles. The highest BCUT2D eigenvalue weighted by Gasteiger charge is 2.43. The molecular weight excluding hydrogens is 477 g/mol. The van der Waals surface area contributed by atoms with Gasteiger partial charge in [0.1, 0.15) is 24.1 Å². The van der Waals surface area contributed by atoms with Gasteiger partial charge < -0.3 is 29.1 Å². The Bertz CT molecular complexity index is 1030. The summed E-state index contributed by atoms with van der Waals surface area (Å²) in [5.41, 5.74) is 1.64. The quantitative estimate of drug-likeness (QED) is 0.573. The summed E-state index contributed by atoms with van der Waals surface area (Å²) in [7, 11) is 3.02. The Hall–Kier alpha value is -2.78. The predicted molar refractivity (Wildman–Crippen MR) is 132 cm³/mol. The van der Waals surface area contributed by atoms with E-state index in [1.54, 1.807) is 18.2 Å². The van der Waals surface area contributed by atoms with Crippen LogP contribution in [-0.2, 0) is 9.53 Å². The molecule has 0 bridgehead atoms. The Kier molecular flexibility index (Phi) is 7.86. The van der Waals surface area contributed by atoms with Crippen LogP contribution in [0.5, 0.6) is 11.6 Å². The van der Waals surface area contributed by atoms with Crippen molar-refractivity contribution in [1.82, 2.24) is 4.98 Å². The largest absolute Gasteiger partial charge is 0.490 e. The third-order valence-electron chi connectivity index (χ3n) is 6.83. The van der Waals surface area contributed by atoms with Crippen molar-refractivity contribution in [1.29, 1.82) is 0 Å². The molecule has 2 fully saturated rings. The fourth-order valence-corrected chi connectivity index (χ4v) is 5.15. The number of aromatic nitrogens is 1. The zero-order valence-electron chi connectivity index (χ0n) is 20.1. The molecule has 35 heavy (non-hydrogen) atoms. The number of nitrogens with zero attached hydrogens (tertiary/aromatic N) is 3. The molecule has 190 valence electrons. The van der Waals surface area contributed by atoms with Crippen LogP contribution in [-0.4, -0.2) is 74.3 Å². The van der Waals surface area contributed by atoms with Gasteiger partial charge in [0.15, 0.2) is 0 Å². The molecule has 4 rings (SSSR count). The molecule has 0 saturated carbocycles. The molecule has 0 spiro atoms. The van der Waals surface area contributed by atoms with E-state index in [4.69, 9.17) is 25.8 Å². The van der Waals surface area contributed by atoms with Gasteiger partial charge >= 0.3 is 5.97 Å². The molecule has 10 heteroatoms. The molecule has 2 aliphatic heterocycles. The lowest BCUT2D eigenvalue weighted by molar-refractivity contribution is -0.137. The van der Waals surface area contributed by atoms with Gasteiger partial charge in [0, 0.05) is 50.8 Å². The molecule has 1 aromatic heterocycles. The number of hydrogen-bond donors (Lipinski definition) is 1. The van der Waals surface area contributed by atoms with Gasteiger partial charge in [0.25, 0.3) is 0 Å². The van der Waals surface area contributed by atoms with E-state index < -0.39 is 24.3 Å². The maximum Gasteiger partial charge on any atom is 0.305 e. The van der Waals surface area contributed by atoms with Crippen molar-refractivity contribution in [3.05, 3.63) is 41.6 Å². The van der Waals surface area contributed by atoms with Crippen LogP contribution >= 0.6 is 11.6 Å². The van der Waals surface area contributed by atoms with Gasteiger partial charge in [-0.1, -0.05) is 18.5 Å². The third-order valence-corrected chi connectivity index (χ3v) is 7.12. The molecular formula is C25H31ClFN3O5. The lowest BCUT2D eigenvalue weighted by Crippen LogP contribution is -2.44. The van der Waals surface area contributed by atoms with Gasteiger partial charge in [-0.25, -0.2) is 9.37 Å². The fourth-order valence-electron chi connectivity index (χ4n) is 4.93. The van der Waals surface area contributed by atoms with Crippen LogP contribution in [0.2, 0.25) is 5.02 Å². The number of halogens is 2. The molecule has 0 amide bonds. The van der Waals surface area contributed by atoms with Crippen LogP contribution in [0.15, 0.2) is 36.5 Å². The summed E-state index contributed by atoms with van der Waals surface area (Å²) < 4.78 is 31.5. The summed E-state index contributed by atoms with van der Waals surface area (Å²) in [4.78, 5) is 19.4. The Labute approximate surface area is 209 Å². The minimum Gasteiger partial charge on any atom is -0.490 e. The normalized spacial score (nSPS) is 26.6. The maximum absolute atomic E-state index is 14.7. The second-order valence-corrected chi connectivity index (χ2v) is 9.48. The fraction of sp³-hybridized carbons (Fsp3) is 0.520. The molecule has 2 aromatic rings. The average Bonchev–Trinajstić information content (AvgIpc) is 3.16. The minimum absolute atomic E-state index is 0.0271. The molecule has 2 aliphatic rings. The first-order valence-corrected chi connectivity index (χ1v) is 12.0. The molecule has 3 heterocycles. The molecule has 2 saturated heterocycles. The number of ether oxygens (including phenoxy) is 3. The Morgan fingerprint density at radius 1 is 1.23 bits per heavy atom. The highest BCUT2D eigenvalue weighted by Crippen LogP contribution is 2.35. The van der Waals surface area contributed by atoms with Gasteiger partial charge in [-0.2, -0.15) is 0 Å². The van der Waals surface area contributed by atoms with Crippen molar-refractivity contribution in [3.8, 4) is 11.6 Å². The van der Waals surface area contributed by atoms with Crippen molar-refractivity contribution >= 4 is 28.9 Å². The number of carboxylic acids is 1.